The summed E-state index contributed by atoms with van der Waals surface area (Å²) in [4.78, 5) is 16.9. The van der Waals surface area contributed by atoms with Crippen molar-refractivity contribution in [2.24, 2.45) is 0 Å². The third kappa shape index (κ3) is 2.45. The molecule has 1 unspecified atom stereocenters. The maximum atomic E-state index is 13.1. The fraction of sp³-hybridized carbons (Fsp3) is 0.235. The first-order chi connectivity index (χ1) is 10.5. The van der Waals surface area contributed by atoms with E-state index in [0.29, 0.717) is 10.6 Å². The number of anilines is 3. The molecule has 1 amide bonds. The van der Waals surface area contributed by atoms with Crippen LogP contribution in [0, 0.1) is 0 Å². The molecule has 3 rings (SSSR count). The normalized spacial score (nSPS) is 15.0. The van der Waals surface area contributed by atoms with Crippen LogP contribution in [0.3, 0.4) is 0 Å². The predicted molar refractivity (Wildman–Crippen MR) is 91.1 cm³/mol. The summed E-state index contributed by atoms with van der Waals surface area (Å²) in [5.41, 5.74) is 3.11. The Morgan fingerprint density at radius 2 is 1.86 bits per heavy atom. The third-order valence-corrected chi connectivity index (χ3v) is 4.22. The number of fused-ring (bicyclic) bond motifs is 2. The van der Waals surface area contributed by atoms with Gasteiger partial charge in [0.05, 0.1) is 28.8 Å². The number of halogens is 1. The number of rotatable bonds is 2. The summed E-state index contributed by atoms with van der Waals surface area (Å²) in [6.07, 6.45) is -0.0830. The number of nitrogens with zero attached hydrogens (tertiary/aromatic N) is 2. The maximum absolute atomic E-state index is 13.1. The monoisotopic (exact) mass is 315 g/mol. The topological polar surface area (TPSA) is 35.6 Å². The highest BCUT2D eigenvalue weighted by Crippen LogP contribution is 2.38. The molecule has 2 aromatic carbocycles. The summed E-state index contributed by atoms with van der Waals surface area (Å²) in [5, 5.41) is 3.97. The van der Waals surface area contributed by atoms with Crippen LogP contribution in [0.4, 0.5) is 17.1 Å². The van der Waals surface area contributed by atoms with Crippen molar-refractivity contribution in [2.75, 3.05) is 24.3 Å². The molecule has 22 heavy (non-hydrogen) atoms. The highest BCUT2D eigenvalue weighted by molar-refractivity contribution is 6.31. The van der Waals surface area contributed by atoms with Crippen LogP contribution in [0.25, 0.3) is 0 Å². The number of benzene rings is 2. The Kier molecular flexibility index (Phi) is 3.81. The molecule has 2 aromatic rings. The number of hydrogen-bond acceptors (Lipinski definition) is 3. The molecule has 0 saturated carbocycles. The van der Waals surface area contributed by atoms with Gasteiger partial charge in [-0.05, 0) is 51.4 Å². The summed E-state index contributed by atoms with van der Waals surface area (Å²) in [6, 6.07) is 13.1. The van der Waals surface area contributed by atoms with Crippen molar-refractivity contribution >= 4 is 34.6 Å². The van der Waals surface area contributed by atoms with Crippen molar-refractivity contribution in [1.82, 2.24) is 4.90 Å². The molecule has 1 N–H and O–H groups in total. The molecule has 0 saturated heterocycles. The van der Waals surface area contributed by atoms with Gasteiger partial charge in [-0.1, -0.05) is 23.7 Å². The molecule has 0 spiro atoms. The largest absolute Gasteiger partial charge is 0.353 e. The third-order valence-electron chi connectivity index (χ3n) is 3.98. The van der Waals surface area contributed by atoms with Gasteiger partial charge in [0.2, 0.25) is 0 Å². The fourth-order valence-corrected chi connectivity index (χ4v) is 2.76. The number of nitrogens with one attached hydrogen (secondary N) is 1. The van der Waals surface area contributed by atoms with Crippen molar-refractivity contribution in [1.29, 1.82) is 0 Å². The lowest BCUT2D eigenvalue weighted by Gasteiger charge is -2.33. The summed E-state index contributed by atoms with van der Waals surface area (Å²) in [7, 11) is 3.91. The Balaban J connectivity index is 2.23. The Morgan fingerprint density at radius 1 is 1.14 bits per heavy atom. The molecule has 4 nitrogen and oxygen atoms in total. The van der Waals surface area contributed by atoms with E-state index in [9.17, 15) is 4.79 Å². The van der Waals surface area contributed by atoms with E-state index in [1.165, 1.54) is 0 Å². The Labute approximate surface area is 135 Å². The van der Waals surface area contributed by atoms with Gasteiger partial charge < -0.3 is 5.32 Å². The van der Waals surface area contributed by atoms with Gasteiger partial charge in [0.1, 0.15) is 0 Å². The minimum atomic E-state index is -0.0830. The van der Waals surface area contributed by atoms with Gasteiger partial charge in [0.25, 0.3) is 5.91 Å². The molecule has 0 aliphatic carbocycles. The van der Waals surface area contributed by atoms with Gasteiger partial charge in [-0.3, -0.25) is 14.6 Å². The van der Waals surface area contributed by atoms with Crippen molar-refractivity contribution in [3.63, 3.8) is 0 Å². The molecule has 1 heterocycles. The van der Waals surface area contributed by atoms with Crippen LogP contribution < -0.4 is 10.2 Å². The van der Waals surface area contributed by atoms with Gasteiger partial charge in [-0.15, -0.1) is 0 Å². The smallest absolute Gasteiger partial charge is 0.261 e. The lowest BCUT2D eigenvalue weighted by atomic mass is 10.1. The molecule has 0 fully saturated rings. The molecule has 0 radical (unpaired) electrons. The highest BCUT2D eigenvalue weighted by Gasteiger charge is 2.30. The molecule has 5 heteroatoms. The van der Waals surface area contributed by atoms with Crippen LogP contribution in [0.1, 0.15) is 17.3 Å². The molecule has 0 bridgehead atoms. The first kappa shape index (κ1) is 14.9. The van der Waals surface area contributed by atoms with E-state index < -0.39 is 0 Å². The lowest BCUT2D eigenvalue weighted by molar-refractivity contribution is 0.0955. The van der Waals surface area contributed by atoms with Gasteiger partial charge in [0, 0.05) is 5.02 Å². The highest BCUT2D eigenvalue weighted by atomic mass is 35.5. The zero-order valence-electron chi connectivity index (χ0n) is 12.8. The zero-order valence-corrected chi connectivity index (χ0v) is 13.6. The summed E-state index contributed by atoms with van der Waals surface area (Å²) < 4.78 is 0. The molecule has 114 valence electrons. The van der Waals surface area contributed by atoms with E-state index in [1.54, 1.807) is 11.0 Å². The van der Waals surface area contributed by atoms with Gasteiger partial charge in [-0.25, -0.2) is 0 Å². The van der Waals surface area contributed by atoms with E-state index in [1.807, 2.05) is 62.3 Å². The lowest BCUT2D eigenvalue weighted by Crippen LogP contribution is -2.46. The second kappa shape index (κ2) is 5.63. The summed E-state index contributed by atoms with van der Waals surface area (Å²) >= 11 is 6.13. The molecule has 1 aliphatic rings. The van der Waals surface area contributed by atoms with E-state index in [2.05, 4.69) is 5.32 Å². The molecule has 0 aromatic heterocycles. The van der Waals surface area contributed by atoms with E-state index in [4.69, 9.17) is 11.6 Å². The van der Waals surface area contributed by atoms with Crippen molar-refractivity contribution < 1.29 is 4.79 Å². The number of carbonyl (C=O) groups excluding carboxylic acids is 1. The zero-order chi connectivity index (χ0) is 15.9. The van der Waals surface area contributed by atoms with Crippen molar-refractivity contribution in [3.05, 3.63) is 53.1 Å². The molecular formula is C17H18ClN3O. The van der Waals surface area contributed by atoms with Crippen LogP contribution in [0.5, 0.6) is 0 Å². The van der Waals surface area contributed by atoms with Crippen molar-refractivity contribution in [3.8, 4) is 0 Å². The van der Waals surface area contributed by atoms with Crippen LogP contribution in [-0.2, 0) is 0 Å². The minimum absolute atomic E-state index is 0.0228. The minimum Gasteiger partial charge on any atom is -0.353 e. The predicted octanol–water partition coefficient (Wildman–Crippen LogP) is 3.95. The quantitative estimate of drug-likeness (QED) is 0.911. The number of amides is 1. The Morgan fingerprint density at radius 3 is 2.59 bits per heavy atom. The first-order valence-corrected chi connectivity index (χ1v) is 7.52. The number of para-hydroxylation sites is 1. The molecular weight excluding hydrogens is 298 g/mol. The van der Waals surface area contributed by atoms with Gasteiger partial charge >= 0.3 is 0 Å². The van der Waals surface area contributed by atoms with Crippen LogP contribution in [0.15, 0.2) is 42.5 Å². The molecule has 1 aliphatic heterocycles. The first-order valence-electron chi connectivity index (χ1n) is 7.14. The fourth-order valence-electron chi connectivity index (χ4n) is 2.58. The second-order valence-electron chi connectivity index (χ2n) is 5.60. The second-order valence-corrected chi connectivity index (χ2v) is 6.04. The number of hydrogen-bond donors (Lipinski definition) is 1. The average Bonchev–Trinajstić information content (AvgIpc) is 2.60. The Hall–Kier alpha value is -2.04. The molecule has 1 atom stereocenters. The van der Waals surface area contributed by atoms with Crippen LogP contribution in [-0.4, -0.2) is 31.1 Å². The summed E-state index contributed by atoms with van der Waals surface area (Å²) in [5.74, 6) is -0.0228. The van der Waals surface area contributed by atoms with E-state index in [0.717, 1.165) is 17.1 Å². The van der Waals surface area contributed by atoms with Crippen LogP contribution in [0.2, 0.25) is 5.02 Å². The van der Waals surface area contributed by atoms with Crippen LogP contribution >= 0.6 is 11.6 Å². The standard InChI is InChI=1S/C17H18ClN3O/c1-11(20(2)3)21-16-9-8-12(18)10-15(16)19-14-7-5-4-6-13(14)17(21)22/h4-11,19H,1-3H3. The van der Waals surface area contributed by atoms with Crippen molar-refractivity contribution in [2.45, 2.75) is 13.1 Å². The van der Waals surface area contributed by atoms with Gasteiger partial charge in [-0.2, -0.15) is 0 Å². The van der Waals surface area contributed by atoms with Gasteiger partial charge in [0.15, 0.2) is 0 Å². The summed E-state index contributed by atoms with van der Waals surface area (Å²) in [6.45, 7) is 2.00. The average molecular weight is 316 g/mol. The Bertz CT molecular complexity index is 730. The SMILES string of the molecule is CC(N(C)C)N1C(=O)c2ccccc2Nc2cc(Cl)ccc21. The van der Waals surface area contributed by atoms with E-state index in [-0.39, 0.29) is 12.1 Å². The van der Waals surface area contributed by atoms with E-state index >= 15 is 0 Å². The number of carbonyl (C=O) groups is 1. The maximum Gasteiger partial charge on any atom is 0.261 e.